The molecular weight excluding hydrogens is 757 g/mol. The predicted octanol–water partition coefficient (Wildman–Crippen LogP) is 17.1. The van der Waals surface area contributed by atoms with Crippen LogP contribution in [0.15, 0.2) is 48.6 Å². The molecule has 6 nitrogen and oxygen atoms in total. The molecule has 1 unspecified atom stereocenters. The van der Waals surface area contributed by atoms with Crippen LogP contribution in [-0.2, 0) is 28.6 Å². The molecule has 0 amide bonds. The van der Waals surface area contributed by atoms with Crippen LogP contribution >= 0.6 is 0 Å². The summed E-state index contributed by atoms with van der Waals surface area (Å²) in [5.41, 5.74) is 0. The molecular formula is C55H98O6. The third-order valence-corrected chi connectivity index (χ3v) is 11.3. The van der Waals surface area contributed by atoms with Crippen LogP contribution in [0, 0.1) is 0 Å². The number of esters is 3. The summed E-state index contributed by atoms with van der Waals surface area (Å²) in [6.07, 6.45) is 59.8. The highest BCUT2D eigenvalue weighted by Gasteiger charge is 2.19. The second kappa shape index (κ2) is 50.0. The van der Waals surface area contributed by atoms with Gasteiger partial charge in [-0.25, -0.2) is 0 Å². The topological polar surface area (TPSA) is 78.9 Å². The van der Waals surface area contributed by atoms with E-state index in [9.17, 15) is 14.4 Å². The zero-order chi connectivity index (χ0) is 44.4. The van der Waals surface area contributed by atoms with Gasteiger partial charge in [-0.05, 0) is 83.5 Å². The Bertz CT molecular complexity index is 1070. The molecule has 61 heavy (non-hydrogen) atoms. The average molecular weight is 855 g/mol. The number of hydrogen-bond donors (Lipinski definition) is 0. The Morgan fingerprint density at radius 3 is 0.934 bits per heavy atom. The van der Waals surface area contributed by atoms with E-state index in [1.54, 1.807) is 0 Å². The summed E-state index contributed by atoms with van der Waals surface area (Å²) in [5.74, 6) is -0.892. The Balaban J connectivity index is 4.15. The van der Waals surface area contributed by atoms with E-state index in [-0.39, 0.29) is 31.1 Å². The number of rotatable bonds is 47. The van der Waals surface area contributed by atoms with Crippen molar-refractivity contribution in [3.05, 3.63) is 48.6 Å². The molecule has 0 aromatic carbocycles. The molecule has 6 heteroatoms. The molecule has 0 spiro atoms. The minimum Gasteiger partial charge on any atom is -0.462 e. The van der Waals surface area contributed by atoms with E-state index in [4.69, 9.17) is 14.2 Å². The summed E-state index contributed by atoms with van der Waals surface area (Å²) in [6, 6.07) is 0. The molecule has 1 atom stereocenters. The van der Waals surface area contributed by atoms with Crippen molar-refractivity contribution in [3.8, 4) is 0 Å². The molecule has 0 aliphatic heterocycles. The number of allylic oxidation sites excluding steroid dienone is 8. The fourth-order valence-corrected chi connectivity index (χ4v) is 7.33. The first-order valence-corrected chi connectivity index (χ1v) is 26.1. The van der Waals surface area contributed by atoms with Gasteiger partial charge in [0.2, 0.25) is 0 Å². The van der Waals surface area contributed by atoms with Gasteiger partial charge >= 0.3 is 17.9 Å². The van der Waals surface area contributed by atoms with Gasteiger partial charge in [-0.3, -0.25) is 14.4 Å². The van der Waals surface area contributed by atoms with Gasteiger partial charge in [0.05, 0.1) is 0 Å². The van der Waals surface area contributed by atoms with Gasteiger partial charge in [-0.15, -0.1) is 0 Å². The summed E-state index contributed by atoms with van der Waals surface area (Å²) in [4.78, 5) is 37.7. The lowest BCUT2D eigenvalue weighted by Gasteiger charge is -2.18. The monoisotopic (exact) mass is 855 g/mol. The van der Waals surface area contributed by atoms with E-state index in [1.165, 1.54) is 148 Å². The SMILES string of the molecule is CCCCC/C=C\C/C=C\CCCCCCCCCCCC(=O)OCC(COC(=O)CCCCCCC)OC(=O)CCCCCCCCCCC/C=C\C/C=C\CCCCC. The van der Waals surface area contributed by atoms with Gasteiger partial charge < -0.3 is 14.2 Å². The van der Waals surface area contributed by atoms with Crippen LogP contribution in [0.5, 0.6) is 0 Å². The second-order valence-corrected chi connectivity index (χ2v) is 17.4. The Kier molecular flexibility index (Phi) is 47.9. The lowest BCUT2D eigenvalue weighted by molar-refractivity contribution is -0.167. The molecule has 354 valence electrons. The molecule has 0 aromatic rings. The predicted molar refractivity (Wildman–Crippen MR) is 261 cm³/mol. The van der Waals surface area contributed by atoms with Crippen molar-refractivity contribution in [2.24, 2.45) is 0 Å². The highest BCUT2D eigenvalue weighted by Crippen LogP contribution is 2.15. The Labute approximate surface area is 378 Å². The van der Waals surface area contributed by atoms with Crippen molar-refractivity contribution in [2.75, 3.05) is 13.2 Å². The van der Waals surface area contributed by atoms with Crippen molar-refractivity contribution >= 4 is 17.9 Å². The highest BCUT2D eigenvalue weighted by molar-refractivity contribution is 5.71. The third-order valence-electron chi connectivity index (χ3n) is 11.3. The number of hydrogen-bond acceptors (Lipinski definition) is 6. The molecule has 0 heterocycles. The van der Waals surface area contributed by atoms with E-state index >= 15 is 0 Å². The molecule has 0 saturated carbocycles. The van der Waals surface area contributed by atoms with Crippen LogP contribution in [-0.4, -0.2) is 37.2 Å². The maximum Gasteiger partial charge on any atom is 0.306 e. The number of carbonyl (C=O) groups is 3. The number of unbranched alkanes of at least 4 members (excludes halogenated alkanes) is 28. The fraction of sp³-hybridized carbons (Fsp3) is 0.800. The second-order valence-electron chi connectivity index (χ2n) is 17.4. The lowest BCUT2D eigenvalue weighted by atomic mass is 10.1. The largest absolute Gasteiger partial charge is 0.462 e. The first-order valence-electron chi connectivity index (χ1n) is 26.1. The van der Waals surface area contributed by atoms with Crippen LogP contribution in [0.25, 0.3) is 0 Å². The highest BCUT2D eigenvalue weighted by atomic mass is 16.6. The normalized spacial score (nSPS) is 12.4. The van der Waals surface area contributed by atoms with Crippen LogP contribution in [0.1, 0.15) is 265 Å². The van der Waals surface area contributed by atoms with Crippen molar-refractivity contribution in [3.63, 3.8) is 0 Å². The van der Waals surface area contributed by atoms with Crippen molar-refractivity contribution in [1.29, 1.82) is 0 Å². The van der Waals surface area contributed by atoms with Gasteiger partial charge in [0.1, 0.15) is 13.2 Å². The quantitative estimate of drug-likeness (QED) is 0.0263. The van der Waals surface area contributed by atoms with E-state index in [2.05, 4.69) is 69.4 Å². The van der Waals surface area contributed by atoms with Crippen LogP contribution in [0.4, 0.5) is 0 Å². The Morgan fingerprint density at radius 2 is 0.590 bits per heavy atom. The minimum absolute atomic E-state index is 0.0762. The van der Waals surface area contributed by atoms with Gasteiger partial charge in [0.15, 0.2) is 6.10 Å². The summed E-state index contributed by atoms with van der Waals surface area (Å²) in [7, 11) is 0. The third kappa shape index (κ3) is 48.3. The Hall–Kier alpha value is -2.63. The van der Waals surface area contributed by atoms with Gasteiger partial charge in [-0.1, -0.05) is 211 Å². The molecule has 0 bridgehead atoms. The fourth-order valence-electron chi connectivity index (χ4n) is 7.33. The van der Waals surface area contributed by atoms with Crippen LogP contribution < -0.4 is 0 Å². The first-order chi connectivity index (χ1) is 30.0. The molecule has 0 rings (SSSR count). The molecule has 0 radical (unpaired) electrons. The molecule has 0 saturated heterocycles. The lowest BCUT2D eigenvalue weighted by Crippen LogP contribution is -2.30. The van der Waals surface area contributed by atoms with Gasteiger partial charge in [0, 0.05) is 19.3 Å². The zero-order valence-electron chi connectivity index (χ0n) is 40.4. The number of ether oxygens (including phenoxy) is 3. The molecule has 0 N–H and O–H groups in total. The first kappa shape index (κ1) is 58.4. The van der Waals surface area contributed by atoms with E-state index < -0.39 is 6.10 Å². The smallest absolute Gasteiger partial charge is 0.306 e. The maximum absolute atomic E-state index is 12.7. The average Bonchev–Trinajstić information content (AvgIpc) is 3.26. The van der Waals surface area contributed by atoms with E-state index in [0.29, 0.717) is 19.3 Å². The molecule has 0 aliphatic rings. The van der Waals surface area contributed by atoms with Crippen molar-refractivity contribution in [1.82, 2.24) is 0 Å². The van der Waals surface area contributed by atoms with Gasteiger partial charge in [-0.2, -0.15) is 0 Å². The summed E-state index contributed by atoms with van der Waals surface area (Å²) in [5, 5.41) is 0. The standard InChI is InChI=1S/C55H98O6/c1-4-7-10-13-15-17-19-21-23-25-27-29-31-33-35-37-39-42-45-48-54(57)60-51-52(50-59-53(56)47-44-41-12-9-6-3)61-55(58)49-46-43-40-38-36-34-32-30-28-26-24-22-20-18-16-14-11-8-5-2/h15-18,21-24,52H,4-14,19-20,25-51H2,1-3H3/b17-15-,18-16-,23-21-,24-22-. The summed E-state index contributed by atoms with van der Waals surface area (Å²) < 4.78 is 16.7. The maximum atomic E-state index is 12.7. The summed E-state index contributed by atoms with van der Waals surface area (Å²) >= 11 is 0. The minimum atomic E-state index is -0.772. The van der Waals surface area contributed by atoms with Crippen molar-refractivity contribution < 1.29 is 28.6 Å². The van der Waals surface area contributed by atoms with E-state index in [1.807, 2.05) is 0 Å². The zero-order valence-corrected chi connectivity index (χ0v) is 40.4. The summed E-state index contributed by atoms with van der Waals surface area (Å²) in [6.45, 7) is 6.51. The number of carbonyl (C=O) groups excluding carboxylic acids is 3. The van der Waals surface area contributed by atoms with Gasteiger partial charge in [0.25, 0.3) is 0 Å². The molecule has 0 aliphatic carbocycles. The van der Waals surface area contributed by atoms with Crippen LogP contribution in [0.2, 0.25) is 0 Å². The van der Waals surface area contributed by atoms with E-state index in [0.717, 1.165) is 77.0 Å². The van der Waals surface area contributed by atoms with Crippen LogP contribution in [0.3, 0.4) is 0 Å². The Morgan fingerprint density at radius 1 is 0.328 bits per heavy atom. The molecule has 0 fully saturated rings. The van der Waals surface area contributed by atoms with Crippen molar-refractivity contribution in [2.45, 2.75) is 271 Å². The molecule has 0 aromatic heterocycles.